The van der Waals surface area contributed by atoms with Gasteiger partial charge in [-0.3, -0.25) is 14.6 Å². The second-order valence-corrected chi connectivity index (χ2v) is 4.55. The Morgan fingerprint density at radius 1 is 1.04 bits per heavy atom. The first kappa shape index (κ1) is 14.3. The van der Waals surface area contributed by atoms with E-state index in [1.165, 1.54) is 28.9 Å². The van der Waals surface area contributed by atoms with Crippen molar-refractivity contribution in [3.8, 4) is 17.5 Å². The van der Waals surface area contributed by atoms with Crippen molar-refractivity contribution in [3.05, 3.63) is 86.4 Å². The Balaban J connectivity index is 1.97. The van der Waals surface area contributed by atoms with E-state index in [2.05, 4.69) is 17.1 Å². The number of H-pyrrole nitrogens is 1. The normalized spacial score (nSPS) is 9.91. The van der Waals surface area contributed by atoms with Gasteiger partial charge in [-0.25, -0.2) is 4.79 Å². The lowest BCUT2D eigenvalue weighted by molar-refractivity contribution is -0.672. The van der Waals surface area contributed by atoms with Gasteiger partial charge in [-0.15, -0.1) is 0 Å². The number of para-hydroxylation sites is 1. The van der Waals surface area contributed by atoms with Crippen LogP contribution in [0.1, 0.15) is 11.3 Å². The van der Waals surface area contributed by atoms with Gasteiger partial charge in [0.1, 0.15) is 0 Å². The molecule has 0 aliphatic carbocycles. The number of benzene rings is 2. The summed E-state index contributed by atoms with van der Waals surface area (Å²) in [6, 6.07) is 14.8. The minimum atomic E-state index is -0.594. The van der Waals surface area contributed by atoms with Crippen LogP contribution in [-0.4, -0.2) is 10.2 Å². The molecule has 0 atom stereocenters. The SMILES string of the molecule is O=c1o[nH][n+](-c2ccccc2)c1C#Cc1ccc([N+](=O)[O-])cc1. The highest BCUT2D eigenvalue weighted by molar-refractivity contribution is 5.43. The number of non-ortho nitro benzene ring substituents is 1. The van der Waals surface area contributed by atoms with Crippen LogP contribution in [0.5, 0.6) is 0 Å². The molecular formula is C16H10N3O4+. The maximum atomic E-state index is 11.8. The first-order valence-electron chi connectivity index (χ1n) is 6.60. The summed E-state index contributed by atoms with van der Waals surface area (Å²) in [6.45, 7) is 0. The van der Waals surface area contributed by atoms with Gasteiger partial charge in [-0.05, 0) is 22.1 Å². The number of nitrogens with zero attached hydrogens (tertiary/aromatic N) is 2. The lowest BCUT2D eigenvalue weighted by Gasteiger charge is -1.90. The third-order valence-corrected chi connectivity index (χ3v) is 3.06. The molecule has 112 valence electrons. The summed E-state index contributed by atoms with van der Waals surface area (Å²) in [5.41, 5.74) is 0.774. The fraction of sp³-hybridized carbons (Fsp3) is 0. The van der Waals surface area contributed by atoms with Gasteiger partial charge in [0.05, 0.1) is 4.92 Å². The van der Waals surface area contributed by atoms with Gasteiger partial charge in [0.15, 0.2) is 0 Å². The molecule has 0 fully saturated rings. The zero-order valence-electron chi connectivity index (χ0n) is 11.7. The predicted molar refractivity (Wildman–Crippen MR) is 79.9 cm³/mol. The standard InChI is InChI=1S/C16H9N3O4/c20-16-15(18(17-23-16)13-4-2-1-3-5-13)11-8-12-6-9-14(10-7-12)19(21)22/h1-7,9-10H/p+1. The maximum absolute atomic E-state index is 11.8. The lowest BCUT2D eigenvalue weighted by Crippen LogP contribution is -2.37. The molecule has 23 heavy (non-hydrogen) atoms. The van der Waals surface area contributed by atoms with E-state index in [0.29, 0.717) is 11.3 Å². The van der Waals surface area contributed by atoms with Gasteiger partial charge >= 0.3 is 11.3 Å². The van der Waals surface area contributed by atoms with E-state index in [0.717, 1.165) is 0 Å². The fourth-order valence-corrected chi connectivity index (χ4v) is 1.94. The van der Waals surface area contributed by atoms with Gasteiger partial charge in [-0.2, -0.15) is 0 Å². The Hall–Kier alpha value is -3.66. The van der Waals surface area contributed by atoms with E-state index < -0.39 is 10.5 Å². The van der Waals surface area contributed by atoms with E-state index in [9.17, 15) is 14.9 Å². The third kappa shape index (κ3) is 3.01. The molecule has 0 bridgehead atoms. The van der Waals surface area contributed by atoms with Crippen LogP contribution in [0.25, 0.3) is 5.69 Å². The monoisotopic (exact) mass is 308 g/mol. The number of nitro benzene ring substituents is 1. The van der Waals surface area contributed by atoms with Crippen LogP contribution in [0.3, 0.4) is 0 Å². The topological polar surface area (TPSA) is 93.0 Å². The Labute approximate surface area is 129 Å². The van der Waals surface area contributed by atoms with Crippen molar-refractivity contribution < 1.29 is 14.1 Å². The highest BCUT2D eigenvalue weighted by Crippen LogP contribution is 2.10. The predicted octanol–water partition coefficient (Wildman–Crippen LogP) is 1.55. The highest BCUT2D eigenvalue weighted by atomic mass is 16.6. The van der Waals surface area contributed by atoms with Gasteiger partial charge in [0.2, 0.25) is 5.69 Å². The Morgan fingerprint density at radius 2 is 1.74 bits per heavy atom. The fourth-order valence-electron chi connectivity index (χ4n) is 1.94. The van der Waals surface area contributed by atoms with E-state index >= 15 is 0 Å². The van der Waals surface area contributed by atoms with Gasteiger partial charge < -0.3 is 0 Å². The Bertz CT molecular complexity index is 960. The summed E-state index contributed by atoms with van der Waals surface area (Å²) in [5, 5.41) is 13.1. The number of aromatic nitrogens is 2. The first-order valence-corrected chi connectivity index (χ1v) is 6.60. The molecule has 3 rings (SSSR count). The van der Waals surface area contributed by atoms with Crippen LogP contribution >= 0.6 is 0 Å². The number of nitrogens with one attached hydrogen (secondary N) is 1. The summed E-state index contributed by atoms with van der Waals surface area (Å²) >= 11 is 0. The summed E-state index contributed by atoms with van der Waals surface area (Å²) in [7, 11) is 0. The van der Waals surface area contributed by atoms with Crippen LogP contribution < -0.4 is 10.3 Å². The molecule has 0 spiro atoms. The van der Waals surface area contributed by atoms with Crippen LogP contribution in [0, 0.1) is 22.0 Å². The van der Waals surface area contributed by atoms with Crippen molar-refractivity contribution in [2.75, 3.05) is 0 Å². The van der Waals surface area contributed by atoms with Crippen molar-refractivity contribution in [1.29, 1.82) is 0 Å². The second kappa shape index (κ2) is 5.99. The number of rotatable bonds is 2. The van der Waals surface area contributed by atoms with Crippen LogP contribution in [0.2, 0.25) is 0 Å². The highest BCUT2D eigenvalue weighted by Gasteiger charge is 2.20. The van der Waals surface area contributed by atoms with Crippen molar-refractivity contribution in [3.63, 3.8) is 0 Å². The van der Waals surface area contributed by atoms with Crippen molar-refractivity contribution in [2.45, 2.75) is 0 Å². The zero-order valence-corrected chi connectivity index (χ0v) is 11.7. The molecule has 7 nitrogen and oxygen atoms in total. The van der Waals surface area contributed by atoms with E-state index in [1.54, 1.807) is 12.1 Å². The minimum absolute atomic E-state index is 0.0175. The van der Waals surface area contributed by atoms with Crippen LogP contribution in [-0.2, 0) is 0 Å². The maximum Gasteiger partial charge on any atom is 0.444 e. The molecule has 3 aromatic rings. The van der Waals surface area contributed by atoms with Crippen molar-refractivity contribution >= 4 is 5.69 Å². The van der Waals surface area contributed by atoms with Gasteiger partial charge in [0, 0.05) is 35.7 Å². The summed E-state index contributed by atoms with van der Waals surface area (Å²) in [4.78, 5) is 21.9. The molecule has 0 unspecified atom stereocenters. The van der Waals surface area contributed by atoms with Gasteiger partial charge in [0.25, 0.3) is 5.69 Å². The molecular weight excluding hydrogens is 298 g/mol. The largest absolute Gasteiger partial charge is 0.444 e. The summed E-state index contributed by atoms with van der Waals surface area (Å²) < 4.78 is 6.21. The number of hydrogen-bond donors (Lipinski definition) is 1. The molecule has 2 aromatic carbocycles. The average Bonchev–Trinajstić information content (AvgIpc) is 2.95. The average molecular weight is 308 g/mol. The smallest absolute Gasteiger partial charge is 0.281 e. The van der Waals surface area contributed by atoms with E-state index in [1.807, 2.05) is 18.2 Å². The molecule has 0 saturated heterocycles. The Morgan fingerprint density at radius 3 is 2.39 bits per heavy atom. The minimum Gasteiger partial charge on any atom is -0.281 e. The van der Waals surface area contributed by atoms with E-state index in [4.69, 9.17) is 4.52 Å². The number of nitro groups is 1. The molecule has 0 saturated carbocycles. The van der Waals surface area contributed by atoms with Crippen LogP contribution in [0.4, 0.5) is 5.69 Å². The molecule has 0 aliphatic rings. The zero-order chi connectivity index (χ0) is 16.2. The molecule has 1 N–H and O–H groups in total. The number of aromatic amines is 1. The summed E-state index contributed by atoms with van der Waals surface area (Å²) in [5.74, 6) is 5.52. The molecule has 7 heteroatoms. The number of hydrogen-bond acceptors (Lipinski definition) is 4. The second-order valence-electron chi connectivity index (χ2n) is 4.55. The lowest BCUT2D eigenvalue weighted by atomic mass is 10.2. The quantitative estimate of drug-likeness (QED) is 0.336. The molecule has 1 aromatic heterocycles. The van der Waals surface area contributed by atoms with Crippen molar-refractivity contribution in [2.24, 2.45) is 0 Å². The van der Waals surface area contributed by atoms with Crippen molar-refractivity contribution in [1.82, 2.24) is 5.27 Å². The molecule has 1 heterocycles. The van der Waals surface area contributed by atoms with Crippen LogP contribution in [0.15, 0.2) is 63.9 Å². The Kier molecular flexibility index (Phi) is 3.72. The molecule has 0 aliphatic heterocycles. The molecule has 0 amide bonds. The summed E-state index contributed by atoms with van der Waals surface area (Å²) in [6.07, 6.45) is 0. The van der Waals surface area contributed by atoms with E-state index in [-0.39, 0.29) is 11.4 Å². The first-order chi connectivity index (χ1) is 11.1. The third-order valence-electron chi connectivity index (χ3n) is 3.06. The van der Waals surface area contributed by atoms with Gasteiger partial charge in [-0.1, -0.05) is 24.1 Å². The molecule has 0 radical (unpaired) electrons.